The van der Waals surface area contributed by atoms with Crippen LogP contribution in [0.5, 0.6) is 0 Å². The highest BCUT2D eigenvalue weighted by Gasteiger charge is 2.57. The van der Waals surface area contributed by atoms with Crippen molar-refractivity contribution < 1.29 is 14.3 Å². The van der Waals surface area contributed by atoms with E-state index in [0.29, 0.717) is 12.2 Å². The number of Topliss-reactive ketones (excluding diaryl/α,β-unsaturated/α-hetero) is 1. The first-order chi connectivity index (χ1) is 7.95. The largest absolute Gasteiger partial charge is 0.469 e. The summed E-state index contributed by atoms with van der Waals surface area (Å²) < 4.78 is 4.97. The van der Waals surface area contributed by atoms with Gasteiger partial charge in [0.15, 0.2) is 0 Å². The number of rotatable bonds is 1. The Hall–Kier alpha value is -0.860. The van der Waals surface area contributed by atoms with Crippen molar-refractivity contribution in [3.63, 3.8) is 0 Å². The van der Waals surface area contributed by atoms with Crippen molar-refractivity contribution in [3.05, 3.63) is 0 Å². The normalized spacial score (nSPS) is 41.8. The van der Waals surface area contributed by atoms with Crippen LogP contribution in [0.25, 0.3) is 0 Å². The summed E-state index contributed by atoms with van der Waals surface area (Å²) in [7, 11) is 1.45. The average molecular weight is 238 g/mol. The van der Waals surface area contributed by atoms with Crippen LogP contribution < -0.4 is 0 Å². The molecular formula is C14H22O3. The second-order valence-electron chi connectivity index (χ2n) is 6.05. The minimum Gasteiger partial charge on any atom is -0.469 e. The highest BCUT2D eigenvalue weighted by molar-refractivity contribution is 5.87. The standard InChI is InChI=1S/C14H22O3/c1-13-8-5-9-14(2,12(16)17-3)10(13)6-4-7-11(13)15/h10H,4-9H2,1-3H3/t10-,13+,14+/m0/s1. The van der Waals surface area contributed by atoms with Crippen LogP contribution in [0.15, 0.2) is 0 Å². The first-order valence-corrected chi connectivity index (χ1v) is 6.57. The molecule has 0 bridgehead atoms. The molecule has 0 unspecified atom stereocenters. The van der Waals surface area contributed by atoms with Crippen molar-refractivity contribution in [2.24, 2.45) is 16.7 Å². The number of fused-ring (bicyclic) bond motifs is 1. The highest BCUT2D eigenvalue weighted by Crippen LogP contribution is 2.56. The van der Waals surface area contributed by atoms with Crippen LogP contribution in [0.3, 0.4) is 0 Å². The van der Waals surface area contributed by atoms with Crippen LogP contribution in [-0.2, 0) is 14.3 Å². The number of carbonyl (C=O) groups excluding carboxylic acids is 2. The lowest BCUT2D eigenvalue weighted by Crippen LogP contribution is -2.53. The summed E-state index contributed by atoms with van der Waals surface area (Å²) in [5.41, 5.74) is -0.753. The molecule has 0 N–H and O–H groups in total. The Bertz CT molecular complexity index is 349. The number of esters is 1. The summed E-state index contributed by atoms with van der Waals surface area (Å²) in [6.45, 7) is 4.04. The van der Waals surface area contributed by atoms with Gasteiger partial charge in [0.1, 0.15) is 5.78 Å². The smallest absolute Gasteiger partial charge is 0.311 e. The van der Waals surface area contributed by atoms with Crippen LogP contribution in [0.1, 0.15) is 52.4 Å². The van der Waals surface area contributed by atoms with Gasteiger partial charge in [-0.2, -0.15) is 0 Å². The molecule has 17 heavy (non-hydrogen) atoms. The van der Waals surface area contributed by atoms with Crippen LogP contribution in [-0.4, -0.2) is 18.9 Å². The van der Waals surface area contributed by atoms with Crippen LogP contribution in [0.2, 0.25) is 0 Å². The van der Waals surface area contributed by atoms with E-state index in [9.17, 15) is 9.59 Å². The highest BCUT2D eigenvalue weighted by atomic mass is 16.5. The lowest BCUT2D eigenvalue weighted by atomic mass is 9.50. The van der Waals surface area contributed by atoms with E-state index in [2.05, 4.69) is 6.92 Å². The van der Waals surface area contributed by atoms with Crippen molar-refractivity contribution in [1.29, 1.82) is 0 Å². The molecule has 2 rings (SSSR count). The minimum atomic E-state index is -0.460. The van der Waals surface area contributed by atoms with Gasteiger partial charge in [-0.05, 0) is 38.5 Å². The Labute approximate surface area is 103 Å². The molecule has 3 atom stereocenters. The number of carbonyl (C=O) groups is 2. The van der Waals surface area contributed by atoms with Gasteiger partial charge >= 0.3 is 5.97 Å². The Morgan fingerprint density at radius 3 is 2.65 bits per heavy atom. The first kappa shape index (κ1) is 12.6. The second kappa shape index (κ2) is 4.11. The maximum atomic E-state index is 12.2. The maximum Gasteiger partial charge on any atom is 0.311 e. The number of methoxy groups -OCH3 is 1. The number of ether oxygens (including phenoxy) is 1. The van der Waals surface area contributed by atoms with Crippen LogP contribution in [0.4, 0.5) is 0 Å². The van der Waals surface area contributed by atoms with E-state index < -0.39 is 5.41 Å². The summed E-state index contributed by atoms with van der Waals surface area (Å²) in [4.78, 5) is 24.3. The third-order valence-corrected chi connectivity index (χ3v) is 5.12. The topological polar surface area (TPSA) is 43.4 Å². The van der Waals surface area contributed by atoms with Crippen molar-refractivity contribution in [2.45, 2.75) is 52.4 Å². The molecule has 2 saturated carbocycles. The summed E-state index contributed by atoms with van der Waals surface area (Å²) in [5, 5.41) is 0. The lowest BCUT2D eigenvalue weighted by molar-refractivity contribution is -0.168. The predicted octanol–water partition coefficient (Wildman–Crippen LogP) is 2.73. The third-order valence-electron chi connectivity index (χ3n) is 5.12. The summed E-state index contributed by atoms with van der Waals surface area (Å²) in [5.74, 6) is 0.379. The molecule has 2 aliphatic carbocycles. The first-order valence-electron chi connectivity index (χ1n) is 6.57. The third kappa shape index (κ3) is 1.71. The maximum absolute atomic E-state index is 12.2. The van der Waals surface area contributed by atoms with Gasteiger partial charge in [-0.15, -0.1) is 0 Å². The summed E-state index contributed by atoms with van der Waals surface area (Å²) in [6, 6.07) is 0. The summed E-state index contributed by atoms with van der Waals surface area (Å²) >= 11 is 0. The second-order valence-corrected chi connectivity index (χ2v) is 6.05. The fraction of sp³-hybridized carbons (Fsp3) is 0.857. The number of hydrogen-bond donors (Lipinski definition) is 0. The van der Waals surface area contributed by atoms with Crippen molar-refractivity contribution in [3.8, 4) is 0 Å². The quantitative estimate of drug-likeness (QED) is 0.660. The molecular weight excluding hydrogens is 216 g/mol. The molecule has 96 valence electrons. The van der Waals surface area contributed by atoms with Gasteiger partial charge in [0.2, 0.25) is 0 Å². The molecule has 0 heterocycles. The zero-order valence-electron chi connectivity index (χ0n) is 11.0. The monoisotopic (exact) mass is 238 g/mol. The molecule has 0 aliphatic heterocycles. The number of hydrogen-bond acceptors (Lipinski definition) is 3. The fourth-order valence-corrected chi connectivity index (χ4v) is 4.08. The molecule has 0 aromatic carbocycles. The van der Waals surface area contributed by atoms with Gasteiger partial charge in [0.05, 0.1) is 12.5 Å². The molecule has 2 aliphatic rings. The van der Waals surface area contributed by atoms with Gasteiger partial charge in [-0.25, -0.2) is 0 Å². The Morgan fingerprint density at radius 2 is 2.00 bits per heavy atom. The summed E-state index contributed by atoms with van der Waals surface area (Å²) in [6.07, 6.45) is 5.32. The van der Waals surface area contributed by atoms with E-state index in [1.807, 2.05) is 6.92 Å². The van der Waals surface area contributed by atoms with E-state index in [-0.39, 0.29) is 17.3 Å². The van der Waals surface area contributed by atoms with Gasteiger partial charge in [-0.3, -0.25) is 9.59 Å². The molecule has 3 heteroatoms. The van der Waals surface area contributed by atoms with E-state index in [1.54, 1.807) is 0 Å². The average Bonchev–Trinajstić information content (AvgIpc) is 2.30. The molecule has 2 fully saturated rings. The van der Waals surface area contributed by atoms with Crippen molar-refractivity contribution in [1.82, 2.24) is 0 Å². The Kier molecular flexibility index (Phi) is 3.04. The molecule has 0 amide bonds. The minimum absolute atomic E-state index is 0.136. The SMILES string of the molecule is COC(=O)[C@]1(C)CCC[C@@]2(C)C(=O)CCC[C@@H]21. The van der Waals surface area contributed by atoms with Crippen LogP contribution >= 0.6 is 0 Å². The van der Waals surface area contributed by atoms with Crippen LogP contribution in [0, 0.1) is 16.7 Å². The van der Waals surface area contributed by atoms with Crippen molar-refractivity contribution in [2.75, 3.05) is 7.11 Å². The van der Waals surface area contributed by atoms with Crippen molar-refractivity contribution >= 4 is 11.8 Å². The Morgan fingerprint density at radius 1 is 1.29 bits per heavy atom. The zero-order chi connectivity index (χ0) is 12.7. The molecule has 0 aromatic rings. The molecule has 0 aromatic heterocycles. The van der Waals surface area contributed by atoms with E-state index >= 15 is 0 Å². The van der Waals surface area contributed by atoms with Gasteiger partial charge in [-0.1, -0.05) is 13.3 Å². The van der Waals surface area contributed by atoms with Gasteiger partial charge in [0.25, 0.3) is 0 Å². The van der Waals surface area contributed by atoms with Gasteiger partial charge in [0, 0.05) is 11.8 Å². The van der Waals surface area contributed by atoms with E-state index in [0.717, 1.165) is 32.1 Å². The van der Waals surface area contributed by atoms with E-state index in [1.165, 1.54) is 7.11 Å². The molecule has 0 saturated heterocycles. The molecule has 3 nitrogen and oxygen atoms in total. The zero-order valence-corrected chi connectivity index (χ0v) is 11.0. The molecule has 0 radical (unpaired) electrons. The Balaban J connectivity index is 2.37. The fourth-order valence-electron chi connectivity index (χ4n) is 4.08. The molecule has 0 spiro atoms. The predicted molar refractivity (Wildman–Crippen MR) is 64.4 cm³/mol. The lowest BCUT2D eigenvalue weighted by Gasteiger charge is -2.52. The van der Waals surface area contributed by atoms with Gasteiger partial charge < -0.3 is 4.74 Å². The number of ketones is 1. The van der Waals surface area contributed by atoms with E-state index in [4.69, 9.17) is 4.74 Å².